The van der Waals surface area contributed by atoms with Crippen LogP contribution in [-0.2, 0) is 16.1 Å². The molecule has 31 heavy (non-hydrogen) atoms. The Kier molecular flexibility index (Phi) is 7.17. The van der Waals surface area contributed by atoms with Gasteiger partial charge in [0.1, 0.15) is 6.10 Å². The molecule has 1 spiro atoms. The summed E-state index contributed by atoms with van der Waals surface area (Å²) in [6, 6.07) is 5.12. The lowest BCUT2D eigenvalue weighted by Gasteiger charge is -2.53. The average Bonchev–Trinajstić information content (AvgIpc) is 3.07. The van der Waals surface area contributed by atoms with E-state index in [1.54, 1.807) is 12.3 Å². The Bertz CT molecular complexity index is 899. The molecule has 2 aromatic rings. The Labute approximate surface area is 180 Å². The SMILES string of the molecule is Cc1ccsc1CN1CC2(CC(Oc3ncccc3F)CCO2)C1.O=C(O)C(F)(F)F. The molecule has 6 nitrogen and oxygen atoms in total. The number of nitrogens with zero attached hydrogens (tertiary/aromatic N) is 2. The monoisotopic (exact) mass is 462 g/mol. The Morgan fingerprint density at radius 2 is 2.13 bits per heavy atom. The van der Waals surface area contributed by atoms with Crippen LogP contribution in [0.25, 0.3) is 0 Å². The lowest BCUT2D eigenvalue weighted by atomic mass is 9.84. The minimum absolute atomic E-state index is 0.0335. The fraction of sp³-hybridized carbons (Fsp3) is 0.500. The number of halogens is 4. The Morgan fingerprint density at radius 3 is 2.71 bits per heavy atom. The van der Waals surface area contributed by atoms with Crippen LogP contribution in [0.1, 0.15) is 23.3 Å². The Hall–Kier alpha value is -2.24. The van der Waals surface area contributed by atoms with E-state index in [4.69, 9.17) is 19.4 Å². The molecule has 2 aliphatic rings. The molecule has 2 aromatic heterocycles. The number of thiophene rings is 1. The van der Waals surface area contributed by atoms with Gasteiger partial charge < -0.3 is 14.6 Å². The van der Waals surface area contributed by atoms with Gasteiger partial charge in [-0.2, -0.15) is 13.2 Å². The van der Waals surface area contributed by atoms with Crippen LogP contribution in [0.2, 0.25) is 0 Å². The van der Waals surface area contributed by atoms with Gasteiger partial charge in [-0.15, -0.1) is 11.3 Å². The van der Waals surface area contributed by atoms with E-state index >= 15 is 0 Å². The molecule has 2 aliphatic heterocycles. The first kappa shape index (κ1) is 23.4. The maximum atomic E-state index is 13.7. The molecule has 2 saturated heterocycles. The largest absolute Gasteiger partial charge is 0.490 e. The number of alkyl halides is 3. The zero-order chi connectivity index (χ0) is 22.6. The van der Waals surface area contributed by atoms with E-state index in [-0.39, 0.29) is 17.6 Å². The van der Waals surface area contributed by atoms with Gasteiger partial charge in [-0.05, 0) is 36.1 Å². The smallest absolute Gasteiger partial charge is 0.475 e. The van der Waals surface area contributed by atoms with Crippen molar-refractivity contribution in [2.45, 2.75) is 44.2 Å². The van der Waals surface area contributed by atoms with Crippen molar-refractivity contribution in [3.63, 3.8) is 0 Å². The van der Waals surface area contributed by atoms with E-state index < -0.39 is 18.0 Å². The molecular formula is C20H22F4N2O4S. The highest BCUT2D eigenvalue weighted by atomic mass is 32.1. The Morgan fingerprint density at radius 1 is 1.42 bits per heavy atom. The molecule has 170 valence electrons. The molecule has 0 amide bonds. The summed E-state index contributed by atoms with van der Waals surface area (Å²) in [4.78, 5) is 16.7. The van der Waals surface area contributed by atoms with Crippen molar-refractivity contribution in [3.05, 3.63) is 46.0 Å². The summed E-state index contributed by atoms with van der Waals surface area (Å²) < 4.78 is 57.3. The van der Waals surface area contributed by atoms with Crippen molar-refractivity contribution >= 4 is 17.3 Å². The fourth-order valence-electron chi connectivity index (χ4n) is 3.57. The second-order valence-corrected chi connectivity index (χ2v) is 8.53. The number of hydrogen-bond donors (Lipinski definition) is 1. The van der Waals surface area contributed by atoms with Crippen LogP contribution in [0, 0.1) is 12.7 Å². The van der Waals surface area contributed by atoms with Crippen molar-refractivity contribution in [2.75, 3.05) is 19.7 Å². The zero-order valence-electron chi connectivity index (χ0n) is 16.7. The van der Waals surface area contributed by atoms with Crippen molar-refractivity contribution < 1.29 is 36.9 Å². The van der Waals surface area contributed by atoms with Gasteiger partial charge in [-0.25, -0.2) is 14.2 Å². The third-order valence-electron chi connectivity index (χ3n) is 5.05. The van der Waals surface area contributed by atoms with Gasteiger partial charge in [0.05, 0.1) is 12.2 Å². The topological polar surface area (TPSA) is 71.9 Å². The van der Waals surface area contributed by atoms with Gasteiger partial charge in [0.15, 0.2) is 5.82 Å². The summed E-state index contributed by atoms with van der Waals surface area (Å²) >= 11 is 1.81. The van der Waals surface area contributed by atoms with Gasteiger partial charge in [-0.3, -0.25) is 4.90 Å². The van der Waals surface area contributed by atoms with Crippen LogP contribution in [0.4, 0.5) is 17.6 Å². The van der Waals surface area contributed by atoms with Gasteiger partial charge in [0.2, 0.25) is 0 Å². The predicted octanol–water partition coefficient (Wildman–Crippen LogP) is 4.04. The first-order valence-electron chi connectivity index (χ1n) is 9.54. The molecule has 1 atom stereocenters. The molecule has 0 bridgehead atoms. The number of pyridine rings is 1. The Balaban J connectivity index is 0.000000339. The highest BCUT2D eigenvalue weighted by molar-refractivity contribution is 7.10. The highest BCUT2D eigenvalue weighted by Gasteiger charge is 2.48. The number of carboxylic acid groups (broad SMARTS) is 1. The van der Waals surface area contributed by atoms with Crippen molar-refractivity contribution in [2.24, 2.45) is 0 Å². The molecule has 4 heterocycles. The molecule has 1 unspecified atom stereocenters. The number of hydrogen-bond acceptors (Lipinski definition) is 6. The number of rotatable bonds is 4. The molecule has 4 rings (SSSR count). The molecular weight excluding hydrogens is 440 g/mol. The van der Waals surface area contributed by atoms with Gasteiger partial charge in [-0.1, -0.05) is 0 Å². The number of carboxylic acids is 1. The third-order valence-corrected chi connectivity index (χ3v) is 6.06. The number of aromatic nitrogens is 1. The number of aliphatic carboxylic acids is 1. The third kappa shape index (κ3) is 6.14. The summed E-state index contributed by atoms with van der Waals surface area (Å²) in [6.45, 7) is 5.62. The molecule has 0 aliphatic carbocycles. The average molecular weight is 462 g/mol. The molecule has 2 fully saturated rings. The number of likely N-dealkylation sites (tertiary alicyclic amines) is 1. The summed E-state index contributed by atoms with van der Waals surface area (Å²) in [6.07, 6.45) is -1.99. The van der Waals surface area contributed by atoms with Gasteiger partial charge >= 0.3 is 12.1 Å². The maximum Gasteiger partial charge on any atom is 0.490 e. The summed E-state index contributed by atoms with van der Waals surface area (Å²) in [5.41, 5.74) is 1.22. The molecule has 0 aromatic carbocycles. The first-order chi connectivity index (χ1) is 14.6. The van der Waals surface area contributed by atoms with Crippen LogP contribution < -0.4 is 4.74 Å². The molecule has 11 heteroatoms. The van der Waals surface area contributed by atoms with E-state index in [1.165, 1.54) is 16.5 Å². The number of aryl methyl sites for hydroxylation is 1. The summed E-state index contributed by atoms with van der Waals surface area (Å²) in [5.74, 6) is -3.06. The lowest BCUT2D eigenvalue weighted by molar-refractivity contribution is -0.192. The van der Waals surface area contributed by atoms with Gasteiger partial charge in [0, 0.05) is 43.5 Å². The van der Waals surface area contributed by atoms with E-state index in [1.807, 2.05) is 11.3 Å². The lowest BCUT2D eigenvalue weighted by Crippen LogP contribution is -2.65. The van der Waals surface area contributed by atoms with Crippen LogP contribution in [0.3, 0.4) is 0 Å². The number of carbonyl (C=O) groups is 1. The zero-order valence-corrected chi connectivity index (χ0v) is 17.5. The van der Waals surface area contributed by atoms with Crippen LogP contribution >= 0.6 is 11.3 Å². The minimum Gasteiger partial charge on any atom is -0.475 e. The number of ether oxygens (including phenoxy) is 2. The van der Waals surface area contributed by atoms with E-state index in [9.17, 15) is 17.6 Å². The first-order valence-corrected chi connectivity index (χ1v) is 10.4. The summed E-state index contributed by atoms with van der Waals surface area (Å²) in [5, 5.41) is 9.27. The second kappa shape index (κ2) is 9.49. The van der Waals surface area contributed by atoms with Crippen molar-refractivity contribution in [1.82, 2.24) is 9.88 Å². The summed E-state index contributed by atoms with van der Waals surface area (Å²) in [7, 11) is 0. The standard InChI is InChI=1S/C18H21FN2O2S.C2HF3O2/c1-13-5-8-24-16(13)10-21-11-18(12-21)9-14(4-7-22-18)23-17-15(19)3-2-6-20-17;3-2(4,5)1(6)7/h2-3,5-6,8,14H,4,7,9-12H2,1H3;(H,6,7). The van der Waals surface area contributed by atoms with Crippen molar-refractivity contribution in [1.29, 1.82) is 0 Å². The molecule has 1 N–H and O–H groups in total. The fourth-order valence-corrected chi connectivity index (χ4v) is 4.52. The van der Waals surface area contributed by atoms with E-state index in [0.717, 1.165) is 32.5 Å². The van der Waals surface area contributed by atoms with Gasteiger partial charge in [0.25, 0.3) is 5.88 Å². The van der Waals surface area contributed by atoms with E-state index in [0.29, 0.717) is 6.61 Å². The molecule has 0 radical (unpaired) electrons. The van der Waals surface area contributed by atoms with E-state index in [2.05, 4.69) is 28.3 Å². The van der Waals surface area contributed by atoms with Crippen LogP contribution in [0.15, 0.2) is 29.8 Å². The quantitative estimate of drug-likeness (QED) is 0.692. The highest BCUT2D eigenvalue weighted by Crippen LogP contribution is 2.37. The maximum absolute atomic E-state index is 13.7. The minimum atomic E-state index is -5.08. The van der Waals surface area contributed by atoms with Crippen molar-refractivity contribution in [3.8, 4) is 5.88 Å². The van der Waals surface area contributed by atoms with Crippen LogP contribution in [0.5, 0.6) is 5.88 Å². The normalized spacial score (nSPS) is 20.5. The second-order valence-electron chi connectivity index (χ2n) is 7.53. The van der Waals surface area contributed by atoms with Crippen LogP contribution in [-0.4, -0.2) is 58.5 Å². The molecule has 0 saturated carbocycles. The predicted molar refractivity (Wildman–Crippen MR) is 105 cm³/mol.